The second kappa shape index (κ2) is 13.6. The fourth-order valence-corrected chi connectivity index (χ4v) is 5.15. The van der Waals surface area contributed by atoms with E-state index in [2.05, 4.69) is 5.32 Å². The molecule has 1 heterocycles. The molecule has 1 aliphatic rings. The summed E-state index contributed by atoms with van der Waals surface area (Å²) in [5.74, 6) is -0.682. The first-order valence-corrected chi connectivity index (χ1v) is 14.9. The van der Waals surface area contributed by atoms with Gasteiger partial charge in [-0.25, -0.2) is 0 Å². The lowest BCUT2D eigenvalue weighted by atomic mass is 10.0. The Labute approximate surface area is 267 Å². The van der Waals surface area contributed by atoms with Crippen molar-refractivity contribution in [2.45, 2.75) is 27.7 Å². The second-order valence-electron chi connectivity index (χ2n) is 10.6. The van der Waals surface area contributed by atoms with Crippen LogP contribution in [0.2, 0.25) is 0 Å². The molecule has 228 valence electrons. The monoisotopic (exact) mass is 619 g/mol. The highest BCUT2D eigenvalue weighted by atomic mass is 32.1. The number of amides is 3. The molecule has 8 nitrogen and oxygen atoms in total. The van der Waals surface area contributed by atoms with Crippen LogP contribution >= 0.6 is 12.2 Å². The molecule has 0 unspecified atom stereocenters. The average molecular weight is 620 g/mol. The Hall–Kier alpha value is -5.28. The van der Waals surface area contributed by atoms with Crippen LogP contribution in [0.1, 0.15) is 29.2 Å². The number of hydrogen-bond acceptors (Lipinski definition) is 6. The van der Waals surface area contributed by atoms with Gasteiger partial charge in [-0.15, -0.1) is 0 Å². The highest BCUT2D eigenvalue weighted by Gasteiger charge is 2.41. The molecule has 0 aliphatic carbocycles. The van der Waals surface area contributed by atoms with Gasteiger partial charge in [0, 0.05) is 5.69 Å². The molecular weight excluding hydrogens is 586 g/mol. The Balaban J connectivity index is 1.46. The summed E-state index contributed by atoms with van der Waals surface area (Å²) in [6.07, 6.45) is 1.52. The topological polar surface area (TPSA) is 88.2 Å². The van der Waals surface area contributed by atoms with Crippen LogP contribution in [0.4, 0.5) is 17.1 Å². The summed E-state index contributed by atoms with van der Waals surface area (Å²) >= 11 is 5.74. The van der Waals surface area contributed by atoms with Crippen molar-refractivity contribution in [3.05, 3.63) is 119 Å². The normalized spacial score (nSPS) is 14.1. The van der Waals surface area contributed by atoms with Crippen LogP contribution < -0.4 is 24.6 Å². The lowest BCUT2D eigenvalue weighted by Crippen LogP contribution is -2.57. The molecule has 9 heteroatoms. The zero-order chi connectivity index (χ0) is 32.1. The standard InChI is InChI=1S/C36H33N3O5S/c1-5-43-32-21-26(14-18-31(32)44-22-33(40)37-27-15-11-23(2)12-16-27)20-30-34(41)38(28-9-7-6-8-10-28)36(45)39(35(30)42)29-17-13-24(3)25(4)19-29/h6-21H,5,22H2,1-4H3,(H,37,40)/b30-20+. The third-order valence-corrected chi connectivity index (χ3v) is 7.65. The summed E-state index contributed by atoms with van der Waals surface area (Å²) in [6, 6.07) is 27.1. The van der Waals surface area contributed by atoms with E-state index in [0.717, 1.165) is 16.7 Å². The number of rotatable bonds is 9. The van der Waals surface area contributed by atoms with Crippen LogP contribution in [0.5, 0.6) is 11.5 Å². The SMILES string of the molecule is CCOc1cc(/C=C2\C(=O)N(c3ccccc3)C(=S)N(c3ccc(C)c(C)c3)C2=O)ccc1OCC(=O)Nc1ccc(C)cc1. The Kier molecular flexibility index (Phi) is 9.39. The number of thiocarbonyl (C=S) groups is 1. The Morgan fingerprint density at radius 1 is 0.778 bits per heavy atom. The molecule has 1 fully saturated rings. The van der Waals surface area contributed by atoms with Crippen molar-refractivity contribution in [1.82, 2.24) is 0 Å². The molecule has 4 aromatic carbocycles. The second-order valence-corrected chi connectivity index (χ2v) is 10.9. The molecule has 0 atom stereocenters. The van der Waals surface area contributed by atoms with Crippen molar-refractivity contribution in [3.63, 3.8) is 0 Å². The van der Waals surface area contributed by atoms with E-state index in [9.17, 15) is 14.4 Å². The zero-order valence-corrected chi connectivity index (χ0v) is 26.3. The van der Waals surface area contributed by atoms with Crippen molar-refractivity contribution < 1.29 is 23.9 Å². The zero-order valence-electron chi connectivity index (χ0n) is 25.5. The summed E-state index contributed by atoms with van der Waals surface area (Å²) in [6.45, 7) is 7.84. The van der Waals surface area contributed by atoms with Gasteiger partial charge in [-0.05, 0) is 111 Å². The molecule has 0 bridgehead atoms. The lowest BCUT2D eigenvalue weighted by Gasteiger charge is -2.36. The van der Waals surface area contributed by atoms with E-state index in [1.54, 1.807) is 42.5 Å². The summed E-state index contributed by atoms with van der Waals surface area (Å²) in [5, 5.41) is 2.87. The Bertz CT molecular complexity index is 1800. The fourth-order valence-electron chi connectivity index (χ4n) is 4.77. The van der Waals surface area contributed by atoms with E-state index >= 15 is 0 Å². The van der Waals surface area contributed by atoms with Crippen LogP contribution in [-0.2, 0) is 14.4 Å². The van der Waals surface area contributed by atoms with Crippen molar-refractivity contribution >= 4 is 58.2 Å². The molecule has 1 N–H and O–H groups in total. The minimum Gasteiger partial charge on any atom is -0.490 e. The van der Waals surface area contributed by atoms with Crippen LogP contribution in [0.3, 0.4) is 0 Å². The van der Waals surface area contributed by atoms with Crippen molar-refractivity contribution in [2.24, 2.45) is 0 Å². The molecule has 5 rings (SSSR count). The van der Waals surface area contributed by atoms with Crippen LogP contribution in [0, 0.1) is 20.8 Å². The number of hydrogen-bond donors (Lipinski definition) is 1. The molecular formula is C36H33N3O5S. The number of nitrogens with one attached hydrogen (secondary N) is 1. The van der Waals surface area contributed by atoms with Gasteiger partial charge >= 0.3 is 0 Å². The van der Waals surface area contributed by atoms with Gasteiger partial charge in [0.05, 0.1) is 18.0 Å². The van der Waals surface area contributed by atoms with Crippen molar-refractivity contribution in [2.75, 3.05) is 28.3 Å². The van der Waals surface area contributed by atoms with Gasteiger partial charge in [-0.1, -0.05) is 48.0 Å². The first-order valence-electron chi connectivity index (χ1n) is 14.5. The van der Waals surface area contributed by atoms with E-state index in [4.69, 9.17) is 21.7 Å². The van der Waals surface area contributed by atoms with Gasteiger partial charge in [0.25, 0.3) is 17.7 Å². The molecule has 45 heavy (non-hydrogen) atoms. The third kappa shape index (κ3) is 6.94. The van der Waals surface area contributed by atoms with Gasteiger partial charge in [-0.2, -0.15) is 0 Å². The maximum Gasteiger partial charge on any atom is 0.270 e. The third-order valence-electron chi connectivity index (χ3n) is 7.29. The summed E-state index contributed by atoms with van der Waals surface area (Å²) in [7, 11) is 0. The fraction of sp³-hybridized carbons (Fsp3) is 0.167. The van der Waals surface area contributed by atoms with Crippen LogP contribution in [0.25, 0.3) is 6.08 Å². The van der Waals surface area contributed by atoms with Gasteiger partial charge in [-0.3, -0.25) is 24.2 Å². The van der Waals surface area contributed by atoms with Gasteiger partial charge < -0.3 is 14.8 Å². The maximum absolute atomic E-state index is 14.0. The Morgan fingerprint density at radius 3 is 2.13 bits per heavy atom. The molecule has 3 amide bonds. The van der Waals surface area contributed by atoms with Gasteiger partial charge in [0.2, 0.25) is 0 Å². The van der Waals surface area contributed by atoms with Gasteiger partial charge in [0.15, 0.2) is 23.2 Å². The predicted molar refractivity (Wildman–Crippen MR) is 181 cm³/mol. The number of carbonyl (C=O) groups excluding carboxylic acids is 3. The predicted octanol–water partition coefficient (Wildman–Crippen LogP) is 6.78. The van der Waals surface area contributed by atoms with E-state index in [1.807, 2.05) is 76.2 Å². The van der Waals surface area contributed by atoms with Crippen LogP contribution in [0.15, 0.2) is 96.6 Å². The molecule has 4 aromatic rings. The number of carbonyl (C=O) groups is 3. The largest absolute Gasteiger partial charge is 0.490 e. The first kappa shape index (κ1) is 31.2. The minimum absolute atomic E-state index is 0.0688. The maximum atomic E-state index is 14.0. The quantitative estimate of drug-likeness (QED) is 0.126. The lowest BCUT2D eigenvalue weighted by molar-refractivity contribution is -0.121. The van der Waals surface area contributed by atoms with E-state index in [0.29, 0.717) is 40.7 Å². The van der Waals surface area contributed by atoms with Crippen molar-refractivity contribution in [3.8, 4) is 11.5 Å². The molecule has 0 radical (unpaired) electrons. The van der Waals surface area contributed by atoms with Crippen molar-refractivity contribution in [1.29, 1.82) is 0 Å². The number of para-hydroxylation sites is 1. The molecule has 0 aromatic heterocycles. The number of ether oxygens (including phenoxy) is 2. The minimum atomic E-state index is -0.539. The van der Waals surface area contributed by atoms with E-state index in [1.165, 1.54) is 15.9 Å². The number of anilines is 3. The molecule has 0 saturated carbocycles. The summed E-state index contributed by atoms with van der Waals surface area (Å²) < 4.78 is 11.6. The van der Waals surface area contributed by atoms with Gasteiger partial charge in [0.1, 0.15) is 5.57 Å². The number of aryl methyl sites for hydroxylation is 3. The summed E-state index contributed by atoms with van der Waals surface area (Å²) in [4.78, 5) is 43.1. The van der Waals surface area contributed by atoms with E-state index < -0.39 is 11.8 Å². The average Bonchev–Trinajstić information content (AvgIpc) is 3.02. The van der Waals surface area contributed by atoms with Crippen LogP contribution in [-0.4, -0.2) is 36.0 Å². The Morgan fingerprint density at radius 2 is 1.47 bits per heavy atom. The molecule has 0 spiro atoms. The first-order chi connectivity index (χ1) is 21.7. The van der Waals surface area contributed by atoms with E-state index in [-0.39, 0.29) is 23.2 Å². The smallest absolute Gasteiger partial charge is 0.270 e. The molecule has 1 saturated heterocycles. The highest BCUT2D eigenvalue weighted by molar-refractivity contribution is 7.81. The number of benzene rings is 4. The number of nitrogens with zero attached hydrogens (tertiary/aromatic N) is 2. The summed E-state index contributed by atoms with van der Waals surface area (Å²) in [5.41, 5.74) is 5.39. The highest BCUT2D eigenvalue weighted by Crippen LogP contribution is 2.33. The molecule has 1 aliphatic heterocycles.